The number of piperidine rings is 1. The average molecular weight is 688 g/mol. The van der Waals surface area contributed by atoms with Gasteiger partial charge in [-0.1, -0.05) is 0 Å². The number of alkyl halides is 4. The number of benzene rings is 1. The van der Waals surface area contributed by atoms with Crippen LogP contribution in [0.1, 0.15) is 44.1 Å². The minimum Gasteiger partial charge on any atom is -0.461 e. The Morgan fingerprint density at radius 3 is 2.60 bits per heavy atom. The fourth-order valence-corrected chi connectivity index (χ4v) is 7.99. The van der Waals surface area contributed by atoms with Crippen molar-refractivity contribution in [2.45, 2.75) is 68.0 Å². The predicted octanol–water partition coefficient (Wildman–Crippen LogP) is 6.15. The van der Waals surface area contributed by atoms with Gasteiger partial charge in [0.15, 0.2) is 5.82 Å². The molecule has 1 unspecified atom stereocenters. The Labute approximate surface area is 268 Å². The van der Waals surface area contributed by atoms with Crippen molar-refractivity contribution in [1.29, 1.82) is 0 Å². The lowest BCUT2D eigenvalue weighted by molar-refractivity contribution is -0.139. The molecule has 1 aromatic carbocycles. The Kier molecular flexibility index (Phi) is 7.92. The molecule has 4 aliphatic heterocycles. The van der Waals surface area contributed by atoms with Gasteiger partial charge in [-0.3, -0.25) is 4.90 Å². The van der Waals surface area contributed by atoms with Crippen LogP contribution in [-0.2, 0) is 6.18 Å². The van der Waals surface area contributed by atoms with Gasteiger partial charge in [-0.15, -0.1) is 0 Å². The highest BCUT2D eigenvalue weighted by Gasteiger charge is 2.50. The second-order valence-electron chi connectivity index (χ2n) is 13.1. The number of hydrogen-bond acceptors (Lipinski definition) is 8. The molecule has 7 rings (SSSR count). The molecule has 2 aromatic heterocycles. The normalized spacial score (nSPS) is 27.4. The average Bonchev–Trinajstić information content (AvgIpc) is 3.49. The van der Waals surface area contributed by atoms with Crippen molar-refractivity contribution in [2.75, 3.05) is 43.4 Å². The van der Waals surface area contributed by atoms with Crippen molar-refractivity contribution in [3.8, 4) is 17.3 Å². The number of ether oxygens (including phenoxy) is 1. The predicted molar refractivity (Wildman–Crippen MR) is 157 cm³/mol. The van der Waals surface area contributed by atoms with E-state index >= 15 is 8.78 Å². The third-order valence-electron chi connectivity index (χ3n) is 9.85. The monoisotopic (exact) mass is 687 g/mol. The molecule has 258 valence electrons. The van der Waals surface area contributed by atoms with E-state index in [0.717, 1.165) is 12.5 Å². The number of fused-ring (bicyclic) bond motifs is 4. The van der Waals surface area contributed by atoms with Gasteiger partial charge in [0, 0.05) is 49.6 Å². The molecule has 4 atom stereocenters. The van der Waals surface area contributed by atoms with Gasteiger partial charge in [-0.05, 0) is 44.7 Å². The molecule has 0 radical (unpaired) electrons. The minimum absolute atomic E-state index is 0.0984. The second-order valence-corrected chi connectivity index (χ2v) is 13.1. The third kappa shape index (κ3) is 5.67. The maximum absolute atomic E-state index is 16.5. The Morgan fingerprint density at radius 1 is 1.06 bits per heavy atom. The number of nitrogen functional groups attached to an aromatic ring is 1. The van der Waals surface area contributed by atoms with Crippen LogP contribution in [0.3, 0.4) is 0 Å². The van der Waals surface area contributed by atoms with Crippen LogP contribution in [0.5, 0.6) is 6.01 Å². The van der Waals surface area contributed by atoms with Gasteiger partial charge in [-0.2, -0.15) is 31.9 Å². The SMILES string of the molecule is Nc1cc(F)c(C(F)(F)F)c(-c2c(F)cc3c(N4CC5CCC[C@@](C=C(F)F)(C4)N5)nc(OC[C@@]45CCCN4C[C@H](F)C5)nc3c2F)n1. The number of aromatic nitrogens is 3. The van der Waals surface area contributed by atoms with Crippen LogP contribution in [0.4, 0.5) is 51.1 Å². The van der Waals surface area contributed by atoms with Crippen LogP contribution in [0.2, 0.25) is 0 Å². The molecule has 0 saturated carbocycles. The van der Waals surface area contributed by atoms with Gasteiger partial charge in [0.25, 0.3) is 6.08 Å². The first-order valence-corrected chi connectivity index (χ1v) is 15.5. The molecule has 48 heavy (non-hydrogen) atoms. The number of pyridine rings is 1. The topological polar surface area (TPSA) is 92.4 Å². The number of halogens is 9. The molecule has 3 aromatic rings. The zero-order valence-electron chi connectivity index (χ0n) is 25.3. The van der Waals surface area contributed by atoms with E-state index in [1.165, 1.54) is 0 Å². The molecule has 4 fully saturated rings. The summed E-state index contributed by atoms with van der Waals surface area (Å²) in [4.78, 5) is 15.6. The third-order valence-corrected chi connectivity index (χ3v) is 9.85. The standard InChI is InChI=1S/C31H30F9N7O/c32-15-9-30(5-2-6-47(30)11-15)14-48-28-43-25-17(27(44-28)46-12-16-3-1-4-29(13-46,45-16)10-20(35)36)7-18(33)22(24(25)37)26-23(31(38,39)40)19(34)8-21(41)42-26/h7-8,10,15-16,45H,1-6,9,11-14H2,(H2,41,42)/t15-,16?,29-,30+/m1/s1. The molecule has 6 heterocycles. The molecule has 17 heteroatoms. The molecule has 4 aliphatic rings. The number of piperazine rings is 1. The lowest BCUT2D eigenvalue weighted by atomic mass is 9.82. The summed E-state index contributed by atoms with van der Waals surface area (Å²) in [5.41, 5.74) is -1.84. The van der Waals surface area contributed by atoms with Gasteiger partial charge in [0.1, 0.15) is 47.1 Å². The summed E-state index contributed by atoms with van der Waals surface area (Å²) in [5, 5.41) is 2.92. The zero-order valence-corrected chi connectivity index (χ0v) is 25.3. The highest BCUT2D eigenvalue weighted by atomic mass is 19.4. The largest absolute Gasteiger partial charge is 0.461 e. The first-order valence-electron chi connectivity index (χ1n) is 15.5. The summed E-state index contributed by atoms with van der Waals surface area (Å²) < 4.78 is 137. The molecule has 8 nitrogen and oxygen atoms in total. The van der Waals surface area contributed by atoms with Crippen LogP contribution in [0.15, 0.2) is 24.3 Å². The van der Waals surface area contributed by atoms with Crippen molar-refractivity contribution in [3.63, 3.8) is 0 Å². The van der Waals surface area contributed by atoms with E-state index in [1.807, 2.05) is 4.90 Å². The number of hydrogen-bond donors (Lipinski definition) is 2. The van der Waals surface area contributed by atoms with Crippen LogP contribution < -0.4 is 20.7 Å². The lowest BCUT2D eigenvalue weighted by Gasteiger charge is -2.49. The van der Waals surface area contributed by atoms with Crippen molar-refractivity contribution in [1.82, 2.24) is 25.2 Å². The highest BCUT2D eigenvalue weighted by molar-refractivity contribution is 5.94. The summed E-state index contributed by atoms with van der Waals surface area (Å²) in [6, 6.07) is 0.239. The van der Waals surface area contributed by atoms with Crippen molar-refractivity contribution >= 4 is 22.5 Å². The van der Waals surface area contributed by atoms with E-state index in [2.05, 4.69) is 20.3 Å². The molecular weight excluding hydrogens is 657 g/mol. The number of rotatable bonds is 6. The summed E-state index contributed by atoms with van der Waals surface area (Å²) >= 11 is 0. The van der Waals surface area contributed by atoms with E-state index < -0.39 is 81.1 Å². The highest BCUT2D eigenvalue weighted by Crippen LogP contribution is 2.44. The fourth-order valence-electron chi connectivity index (χ4n) is 7.99. The quantitative estimate of drug-likeness (QED) is 0.299. The van der Waals surface area contributed by atoms with Gasteiger partial charge in [0.05, 0.1) is 22.3 Å². The number of nitrogens with zero attached hydrogens (tertiary/aromatic N) is 5. The van der Waals surface area contributed by atoms with Crippen LogP contribution >= 0.6 is 0 Å². The number of nitrogens with one attached hydrogen (secondary N) is 1. The Balaban J connectivity index is 1.40. The van der Waals surface area contributed by atoms with Crippen LogP contribution in [-0.4, -0.2) is 75.9 Å². The first kappa shape index (κ1) is 32.7. The first-order chi connectivity index (χ1) is 22.7. The van der Waals surface area contributed by atoms with E-state index in [4.69, 9.17) is 10.5 Å². The van der Waals surface area contributed by atoms with E-state index in [1.54, 1.807) is 4.90 Å². The minimum atomic E-state index is -5.41. The Bertz CT molecular complexity index is 1800. The van der Waals surface area contributed by atoms with E-state index in [-0.39, 0.29) is 56.0 Å². The molecule has 3 N–H and O–H groups in total. The van der Waals surface area contributed by atoms with Crippen molar-refractivity contribution < 1.29 is 44.3 Å². The summed E-state index contributed by atoms with van der Waals surface area (Å²) in [7, 11) is 0. The second kappa shape index (κ2) is 11.6. The summed E-state index contributed by atoms with van der Waals surface area (Å²) in [5.74, 6) is -5.91. The van der Waals surface area contributed by atoms with E-state index in [9.17, 15) is 30.7 Å². The van der Waals surface area contributed by atoms with Crippen LogP contribution in [0.25, 0.3) is 22.2 Å². The van der Waals surface area contributed by atoms with Gasteiger partial charge in [0.2, 0.25) is 0 Å². The van der Waals surface area contributed by atoms with E-state index in [0.29, 0.717) is 38.3 Å². The number of anilines is 2. The molecule has 0 spiro atoms. The summed E-state index contributed by atoms with van der Waals surface area (Å²) in [6.45, 7) is 0.830. The van der Waals surface area contributed by atoms with Gasteiger partial charge < -0.3 is 20.7 Å². The maximum Gasteiger partial charge on any atom is 0.421 e. The lowest BCUT2D eigenvalue weighted by Crippen LogP contribution is -2.66. The van der Waals surface area contributed by atoms with Gasteiger partial charge >= 0.3 is 12.2 Å². The molecule has 0 amide bonds. The smallest absolute Gasteiger partial charge is 0.421 e. The molecular formula is C31H30F9N7O. The summed E-state index contributed by atoms with van der Waals surface area (Å²) in [6.07, 6.45) is -4.50. The van der Waals surface area contributed by atoms with Crippen LogP contribution in [0, 0.1) is 17.5 Å². The zero-order chi connectivity index (χ0) is 34.2. The molecule has 4 saturated heterocycles. The molecule has 0 aliphatic carbocycles. The maximum atomic E-state index is 16.5. The van der Waals surface area contributed by atoms with Crippen molar-refractivity contribution in [2.24, 2.45) is 0 Å². The number of nitrogens with two attached hydrogens (primary N) is 1. The fraction of sp³-hybridized carbons (Fsp3) is 0.516. The Morgan fingerprint density at radius 2 is 1.85 bits per heavy atom. The molecule has 2 bridgehead atoms. The Hall–Kier alpha value is -3.86. The van der Waals surface area contributed by atoms with Crippen molar-refractivity contribution in [3.05, 3.63) is 47.3 Å². The van der Waals surface area contributed by atoms with Gasteiger partial charge in [-0.25, -0.2) is 22.5 Å².